The molecule has 0 aliphatic rings. The van der Waals surface area contributed by atoms with E-state index in [-0.39, 0.29) is 11.8 Å². The topological polar surface area (TPSA) is 148 Å². The van der Waals surface area contributed by atoms with Crippen LogP contribution in [0.1, 0.15) is 34.8 Å². The summed E-state index contributed by atoms with van der Waals surface area (Å²) in [5, 5.41) is 24.4. The number of benzene rings is 3. The van der Waals surface area contributed by atoms with Gasteiger partial charge in [0.1, 0.15) is 12.4 Å². The van der Waals surface area contributed by atoms with Crippen LogP contribution in [0, 0.1) is 0 Å². The zero-order valence-corrected chi connectivity index (χ0v) is 26.7. The molecular weight excluding hydrogens is 613 g/mol. The van der Waals surface area contributed by atoms with Crippen molar-refractivity contribution in [2.45, 2.75) is 13.3 Å². The van der Waals surface area contributed by atoms with E-state index < -0.39 is 7.12 Å². The minimum Gasteiger partial charge on any atom is -0.491 e. The van der Waals surface area contributed by atoms with Crippen molar-refractivity contribution in [3.63, 3.8) is 0 Å². The smallest absolute Gasteiger partial charge is 0.488 e. The van der Waals surface area contributed by atoms with Gasteiger partial charge in [-0.05, 0) is 48.8 Å². The van der Waals surface area contributed by atoms with E-state index >= 15 is 0 Å². The van der Waals surface area contributed by atoms with E-state index in [0.717, 1.165) is 16.8 Å². The summed E-state index contributed by atoms with van der Waals surface area (Å²) in [5.41, 5.74) is 3.25. The van der Waals surface area contributed by atoms with E-state index in [1.807, 2.05) is 55.5 Å². The lowest BCUT2D eigenvalue weighted by atomic mass is 9.80. The van der Waals surface area contributed by atoms with Gasteiger partial charge in [-0.2, -0.15) is 0 Å². The number of halogens is 1. The zero-order valence-electron chi connectivity index (χ0n) is 26.0. The van der Waals surface area contributed by atoms with Gasteiger partial charge in [0.25, 0.3) is 5.91 Å². The molecule has 0 atom stereocenters. The summed E-state index contributed by atoms with van der Waals surface area (Å²) in [7, 11) is -1.57. The van der Waals surface area contributed by atoms with Crippen LogP contribution in [-0.2, 0) is 19.0 Å². The number of nitrogens with one attached hydrogen (secondary N) is 2. The van der Waals surface area contributed by atoms with Crippen molar-refractivity contribution in [2.75, 3.05) is 65.9 Å². The van der Waals surface area contributed by atoms with Crippen LogP contribution in [0.4, 0.5) is 0 Å². The minimum absolute atomic E-state index is 0.0388. The largest absolute Gasteiger partial charge is 0.491 e. The number of amides is 2. The van der Waals surface area contributed by atoms with Crippen molar-refractivity contribution in [3.8, 4) is 5.75 Å². The van der Waals surface area contributed by atoms with Crippen LogP contribution in [0.2, 0.25) is 5.02 Å². The number of hydrogen-bond donors (Lipinski definition) is 4. The molecule has 0 aliphatic heterocycles. The maximum absolute atomic E-state index is 12.1. The highest BCUT2D eigenvalue weighted by atomic mass is 35.5. The van der Waals surface area contributed by atoms with Crippen LogP contribution in [-0.4, -0.2) is 101 Å². The van der Waals surface area contributed by atoms with Crippen molar-refractivity contribution >= 4 is 41.7 Å². The molecular formula is C33H41BClN3O8. The Hall–Kier alpha value is -3.78. The third-order valence-corrected chi connectivity index (χ3v) is 6.70. The molecule has 0 heterocycles. The van der Waals surface area contributed by atoms with Crippen LogP contribution < -0.4 is 20.8 Å². The Balaban J connectivity index is 1.28. The molecule has 0 saturated heterocycles. The Morgan fingerprint density at radius 3 is 2.07 bits per heavy atom. The fourth-order valence-corrected chi connectivity index (χ4v) is 4.28. The zero-order chi connectivity index (χ0) is 33.0. The number of carbonyl (C=O) groups excluding carboxylic acids is 2. The lowest BCUT2D eigenvalue weighted by molar-refractivity contribution is -0.120. The minimum atomic E-state index is -1.57. The molecule has 0 fully saturated rings. The maximum Gasteiger partial charge on any atom is 0.488 e. The van der Waals surface area contributed by atoms with Gasteiger partial charge < -0.3 is 39.6 Å². The van der Waals surface area contributed by atoms with E-state index in [9.17, 15) is 9.59 Å². The standard InChI is InChI=1S/C33H41BClN3O8/c1-2-36-31(39)14-15-37-32(25-8-12-29(35)13-9-25)27-4-3-5-30(24-27)46-23-22-45-21-20-44-19-18-43-17-16-38-33(40)26-6-10-28(11-7-26)34(41)42/h3-13,24,41-42H,2,14-23H2,1H3,(H,36,39)(H,38,40)/b37-32-. The molecule has 0 aliphatic carbocycles. The summed E-state index contributed by atoms with van der Waals surface area (Å²) in [6, 6.07) is 21.1. The van der Waals surface area contributed by atoms with Gasteiger partial charge in [-0.25, -0.2) is 0 Å². The Morgan fingerprint density at radius 1 is 0.783 bits per heavy atom. The van der Waals surface area contributed by atoms with Crippen LogP contribution in [0.5, 0.6) is 5.75 Å². The SMILES string of the molecule is CCNC(=O)CC/N=C(/c1ccc(Cl)cc1)c1cccc(OCCOCCOCCOCCNC(=O)c2ccc(B(O)O)cc2)c1. The Bertz CT molecular complexity index is 1370. The fraction of sp³-hybridized carbons (Fsp3) is 0.364. The number of nitrogens with zero attached hydrogens (tertiary/aromatic N) is 1. The van der Waals surface area contributed by atoms with E-state index in [1.165, 1.54) is 24.3 Å². The molecule has 3 aromatic carbocycles. The number of hydrogen-bond acceptors (Lipinski definition) is 9. The van der Waals surface area contributed by atoms with Gasteiger partial charge in [0.2, 0.25) is 5.91 Å². The summed E-state index contributed by atoms with van der Waals surface area (Å²) in [4.78, 5) is 28.7. The van der Waals surface area contributed by atoms with Gasteiger partial charge in [0.05, 0.1) is 45.4 Å². The first-order valence-electron chi connectivity index (χ1n) is 15.1. The summed E-state index contributed by atoms with van der Waals surface area (Å²) < 4.78 is 22.5. The molecule has 0 saturated carbocycles. The highest BCUT2D eigenvalue weighted by Gasteiger charge is 2.12. The van der Waals surface area contributed by atoms with Crippen LogP contribution in [0.15, 0.2) is 77.8 Å². The van der Waals surface area contributed by atoms with Crippen molar-refractivity contribution in [2.24, 2.45) is 4.99 Å². The van der Waals surface area contributed by atoms with Gasteiger partial charge in [0.15, 0.2) is 0 Å². The Labute approximate surface area is 275 Å². The van der Waals surface area contributed by atoms with E-state index in [1.54, 1.807) is 0 Å². The molecule has 4 N–H and O–H groups in total. The molecule has 0 spiro atoms. The van der Waals surface area contributed by atoms with Gasteiger partial charge in [-0.1, -0.05) is 48.0 Å². The number of ether oxygens (including phenoxy) is 4. The van der Waals surface area contributed by atoms with Crippen molar-refractivity contribution < 1.29 is 38.6 Å². The normalized spacial score (nSPS) is 11.3. The molecule has 0 unspecified atom stereocenters. The summed E-state index contributed by atoms with van der Waals surface area (Å²) in [6.45, 7) is 5.83. The summed E-state index contributed by atoms with van der Waals surface area (Å²) >= 11 is 6.08. The molecule has 13 heteroatoms. The number of aliphatic imine (C=N–C) groups is 1. The Kier molecular flexibility index (Phi) is 16.8. The predicted octanol–water partition coefficient (Wildman–Crippen LogP) is 2.24. The summed E-state index contributed by atoms with van der Waals surface area (Å²) in [6.07, 6.45) is 0.298. The number of carbonyl (C=O) groups is 2. The third-order valence-electron chi connectivity index (χ3n) is 6.45. The van der Waals surface area contributed by atoms with E-state index in [0.29, 0.717) is 94.1 Å². The quantitative estimate of drug-likeness (QED) is 0.0778. The average molecular weight is 654 g/mol. The van der Waals surface area contributed by atoms with Crippen LogP contribution in [0.3, 0.4) is 0 Å². The molecule has 2 amide bonds. The number of rotatable bonds is 21. The monoisotopic (exact) mass is 653 g/mol. The first kappa shape index (κ1) is 36.7. The highest BCUT2D eigenvalue weighted by molar-refractivity contribution is 6.58. The molecule has 11 nitrogen and oxygen atoms in total. The second-order valence-corrected chi connectivity index (χ2v) is 10.3. The lowest BCUT2D eigenvalue weighted by Crippen LogP contribution is -2.31. The molecule has 246 valence electrons. The second kappa shape index (κ2) is 21.1. The Morgan fingerprint density at radius 2 is 1.41 bits per heavy atom. The van der Waals surface area contributed by atoms with E-state index in [4.69, 9.17) is 45.6 Å². The van der Waals surface area contributed by atoms with E-state index in [2.05, 4.69) is 10.6 Å². The third kappa shape index (κ3) is 13.7. The molecule has 46 heavy (non-hydrogen) atoms. The first-order chi connectivity index (χ1) is 22.4. The summed E-state index contributed by atoms with van der Waals surface area (Å²) in [5.74, 6) is 0.368. The van der Waals surface area contributed by atoms with Crippen LogP contribution in [0.25, 0.3) is 0 Å². The first-order valence-corrected chi connectivity index (χ1v) is 15.5. The average Bonchev–Trinajstić information content (AvgIpc) is 3.06. The van der Waals surface area contributed by atoms with Crippen molar-refractivity contribution in [1.29, 1.82) is 0 Å². The second-order valence-electron chi connectivity index (χ2n) is 9.91. The fourth-order valence-electron chi connectivity index (χ4n) is 4.15. The predicted molar refractivity (Wildman–Crippen MR) is 178 cm³/mol. The molecule has 0 radical (unpaired) electrons. The van der Waals surface area contributed by atoms with Crippen molar-refractivity contribution in [1.82, 2.24) is 10.6 Å². The molecule has 0 aromatic heterocycles. The molecule has 3 aromatic rings. The van der Waals surface area contributed by atoms with Gasteiger partial charge in [0, 0.05) is 47.8 Å². The lowest BCUT2D eigenvalue weighted by Gasteiger charge is -2.12. The van der Waals surface area contributed by atoms with Gasteiger partial charge in [-0.15, -0.1) is 0 Å². The molecule has 3 rings (SSSR count). The van der Waals surface area contributed by atoms with Gasteiger partial charge >= 0.3 is 7.12 Å². The molecule has 0 bridgehead atoms. The highest BCUT2D eigenvalue weighted by Crippen LogP contribution is 2.19. The van der Waals surface area contributed by atoms with Gasteiger partial charge in [-0.3, -0.25) is 14.6 Å². The van der Waals surface area contributed by atoms with Crippen molar-refractivity contribution in [3.05, 3.63) is 94.5 Å². The maximum atomic E-state index is 12.1. The van der Waals surface area contributed by atoms with Crippen LogP contribution >= 0.6 is 11.6 Å².